The lowest BCUT2D eigenvalue weighted by atomic mass is 9.98. The van der Waals surface area contributed by atoms with Gasteiger partial charge in [0.25, 0.3) is 0 Å². The van der Waals surface area contributed by atoms with Crippen molar-refractivity contribution in [3.63, 3.8) is 0 Å². The molecule has 0 bridgehead atoms. The number of hydrogen-bond acceptors (Lipinski definition) is 4. The zero-order chi connectivity index (χ0) is 22.9. The molecule has 2 N–H and O–H groups in total. The Hall–Kier alpha value is -2.90. The van der Waals surface area contributed by atoms with Crippen molar-refractivity contribution < 1.29 is 24.1 Å². The zero-order valence-corrected chi connectivity index (χ0v) is 18.1. The van der Waals surface area contributed by atoms with Gasteiger partial charge in [-0.25, -0.2) is 9.18 Å². The van der Waals surface area contributed by atoms with Gasteiger partial charge in [0, 0.05) is 12.6 Å². The van der Waals surface area contributed by atoms with Gasteiger partial charge in [0.1, 0.15) is 17.1 Å². The highest BCUT2D eigenvalue weighted by atomic mass is 35.5. The number of hydrogen-bond donors (Lipinski definition) is 2. The molecule has 6 nitrogen and oxygen atoms in total. The Morgan fingerprint density at radius 3 is 2.58 bits per heavy atom. The van der Waals surface area contributed by atoms with E-state index in [1.165, 1.54) is 25.4 Å². The van der Waals surface area contributed by atoms with Crippen molar-refractivity contribution in [2.75, 3.05) is 13.7 Å². The maximum Gasteiger partial charge on any atom is 0.341 e. The quantitative estimate of drug-likeness (QED) is 0.564. The number of carbonyl (C=O) groups is 1. The second-order valence-corrected chi connectivity index (χ2v) is 8.07. The lowest BCUT2D eigenvalue weighted by Crippen LogP contribution is -2.25. The standard InChI is InChI=1S/C23H23ClFNO5/c1-12(2)18(11-27)26-10-16(23(29)30)22(28)15-8-13(9-19(31-3)21(15)26)7-14-5-4-6-17(24)20(14)25/h4-6,8-10,12,18,27H,7,11H2,1-3H3,(H,29,30)/t18-/m1/s1. The normalized spacial score (nSPS) is 12.4. The van der Waals surface area contributed by atoms with Gasteiger partial charge in [0.15, 0.2) is 0 Å². The second-order valence-electron chi connectivity index (χ2n) is 7.66. The maximum atomic E-state index is 14.4. The van der Waals surface area contributed by atoms with E-state index >= 15 is 0 Å². The summed E-state index contributed by atoms with van der Waals surface area (Å²) in [5, 5.41) is 19.6. The number of aliphatic hydroxyl groups is 1. The summed E-state index contributed by atoms with van der Waals surface area (Å²) in [6.07, 6.45) is 1.37. The molecular formula is C23H23ClFNO5. The fourth-order valence-electron chi connectivity index (χ4n) is 3.71. The number of methoxy groups -OCH3 is 1. The largest absolute Gasteiger partial charge is 0.495 e. The summed E-state index contributed by atoms with van der Waals surface area (Å²) >= 11 is 5.87. The van der Waals surface area contributed by atoms with Crippen molar-refractivity contribution in [1.29, 1.82) is 0 Å². The van der Waals surface area contributed by atoms with Crippen molar-refractivity contribution >= 4 is 28.5 Å². The molecule has 164 valence electrons. The summed E-state index contributed by atoms with van der Waals surface area (Å²) in [4.78, 5) is 24.7. The summed E-state index contributed by atoms with van der Waals surface area (Å²) in [6, 6.07) is 7.39. The minimum Gasteiger partial charge on any atom is -0.495 e. The topological polar surface area (TPSA) is 88.8 Å². The first-order chi connectivity index (χ1) is 14.7. The van der Waals surface area contributed by atoms with E-state index < -0.39 is 28.8 Å². The van der Waals surface area contributed by atoms with Crippen molar-refractivity contribution in [3.8, 4) is 5.75 Å². The predicted octanol–water partition coefficient (Wildman–Crippen LogP) is 4.28. The smallest absolute Gasteiger partial charge is 0.341 e. The van der Waals surface area contributed by atoms with Crippen LogP contribution in [0.4, 0.5) is 4.39 Å². The number of nitrogens with zero attached hydrogens (tertiary/aromatic N) is 1. The Morgan fingerprint density at radius 1 is 1.29 bits per heavy atom. The maximum absolute atomic E-state index is 14.4. The number of aromatic carboxylic acids is 1. The highest BCUT2D eigenvalue weighted by molar-refractivity contribution is 6.30. The van der Waals surface area contributed by atoms with E-state index in [1.54, 1.807) is 22.8 Å². The van der Waals surface area contributed by atoms with E-state index in [2.05, 4.69) is 0 Å². The van der Waals surface area contributed by atoms with Gasteiger partial charge in [-0.2, -0.15) is 0 Å². The Balaban J connectivity index is 2.33. The van der Waals surface area contributed by atoms with E-state index in [-0.39, 0.29) is 29.4 Å². The number of ether oxygens (including phenoxy) is 1. The van der Waals surface area contributed by atoms with E-state index in [0.29, 0.717) is 22.4 Å². The van der Waals surface area contributed by atoms with Crippen LogP contribution in [0.3, 0.4) is 0 Å². The van der Waals surface area contributed by atoms with Gasteiger partial charge in [-0.05, 0) is 35.2 Å². The first-order valence-electron chi connectivity index (χ1n) is 9.72. The van der Waals surface area contributed by atoms with Crippen LogP contribution in [-0.4, -0.2) is 34.5 Å². The van der Waals surface area contributed by atoms with E-state index in [9.17, 15) is 24.2 Å². The number of benzene rings is 2. The molecule has 1 heterocycles. The SMILES string of the molecule is COc1cc(Cc2cccc(Cl)c2F)cc2c(=O)c(C(=O)O)cn([C@H](CO)C(C)C)c12. The second kappa shape index (κ2) is 9.08. The Kier molecular flexibility index (Phi) is 6.67. The van der Waals surface area contributed by atoms with Crippen LogP contribution in [-0.2, 0) is 6.42 Å². The molecule has 0 fully saturated rings. The fourth-order valence-corrected chi connectivity index (χ4v) is 3.90. The average Bonchev–Trinajstić information content (AvgIpc) is 2.72. The molecule has 3 rings (SSSR count). The number of fused-ring (bicyclic) bond motifs is 1. The Labute approximate surface area is 183 Å². The van der Waals surface area contributed by atoms with Crippen LogP contribution in [0.2, 0.25) is 5.02 Å². The summed E-state index contributed by atoms with van der Waals surface area (Å²) < 4.78 is 21.5. The number of pyridine rings is 1. The summed E-state index contributed by atoms with van der Waals surface area (Å²) in [5.74, 6) is -1.66. The Bertz CT molecular complexity index is 1200. The van der Waals surface area contributed by atoms with Gasteiger partial charge in [-0.3, -0.25) is 4.79 Å². The average molecular weight is 448 g/mol. The highest BCUT2D eigenvalue weighted by Crippen LogP contribution is 2.32. The van der Waals surface area contributed by atoms with Gasteiger partial charge >= 0.3 is 5.97 Å². The van der Waals surface area contributed by atoms with Crippen LogP contribution >= 0.6 is 11.6 Å². The monoisotopic (exact) mass is 447 g/mol. The molecule has 0 spiro atoms. The Morgan fingerprint density at radius 2 is 2.00 bits per heavy atom. The van der Waals surface area contributed by atoms with Crippen molar-refractivity contribution in [3.05, 3.63) is 74.3 Å². The first-order valence-corrected chi connectivity index (χ1v) is 10.1. The van der Waals surface area contributed by atoms with Crippen LogP contribution in [0.5, 0.6) is 5.75 Å². The van der Waals surface area contributed by atoms with Crippen LogP contribution in [0.1, 0.15) is 41.4 Å². The van der Waals surface area contributed by atoms with Gasteiger partial charge in [-0.15, -0.1) is 0 Å². The fraction of sp³-hybridized carbons (Fsp3) is 0.304. The minimum atomic E-state index is -1.37. The van der Waals surface area contributed by atoms with Gasteiger partial charge < -0.3 is 19.5 Å². The third kappa shape index (κ3) is 4.29. The van der Waals surface area contributed by atoms with Crippen LogP contribution in [0.15, 0.2) is 41.3 Å². The van der Waals surface area contributed by atoms with E-state index in [4.69, 9.17) is 16.3 Å². The number of aromatic nitrogens is 1. The van der Waals surface area contributed by atoms with Gasteiger partial charge in [0.2, 0.25) is 5.43 Å². The number of carboxylic acid groups (broad SMARTS) is 1. The molecular weight excluding hydrogens is 425 g/mol. The third-order valence-corrected chi connectivity index (χ3v) is 5.63. The van der Waals surface area contributed by atoms with Crippen molar-refractivity contribution in [2.24, 2.45) is 5.92 Å². The molecule has 3 aromatic rings. The first kappa shape index (κ1) is 22.8. The zero-order valence-electron chi connectivity index (χ0n) is 17.4. The predicted molar refractivity (Wildman–Crippen MR) is 117 cm³/mol. The van der Waals surface area contributed by atoms with Gasteiger partial charge in [0.05, 0.1) is 35.7 Å². The summed E-state index contributed by atoms with van der Waals surface area (Å²) in [7, 11) is 1.43. The molecule has 0 saturated heterocycles. The van der Waals surface area contributed by atoms with Crippen molar-refractivity contribution in [2.45, 2.75) is 26.3 Å². The number of halogens is 2. The molecule has 31 heavy (non-hydrogen) atoms. The van der Waals surface area contributed by atoms with Crippen LogP contribution in [0, 0.1) is 11.7 Å². The number of aliphatic hydroxyl groups excluding tert-OH is 1. The molecule has 1 atom stereocenters. The molecule has 8 heteroatoms. The molecule has 0 saturated carbocycles. The molecule has 0 aliphatic rings. The van der Waals surface area contributed by atoms with Crippen LogP contribution in [0.25, 0.3) is 10.9 Å². The molecule has 0 unspecified atom stereocenters. The molecule has 0 amide bonds. The lowest BCUT2D eigenvalue weighted by molar-refractivity contribution is 0.0694. The highest BCUT2D eigenvalue weighted by Gasteiger charge is 2.24. The van der Waals surface area contributed by atoms with E-state index in [1.807, 2.05) is 13.8 Å². The number of carboxylic acids is 1. The minimum absolute atomic E-state index is 0.0107. The molecule has 0 aliphatic carbocycles. The molecule has 0 aliphatic heterocycles. The summed E-state index contributed by atoms with van der Waals surface area (Å²) in [5.41, 5.74) is 0.173. The van der Waals surface area contributed by atoms with E-state index in [0.717, 1.165) is 0 Å². The van der Waals surface area contributed by atoms with Crippen LogP contribution < -0.4 is 10.2 Å². The van der Waals surface area contributed by atoms with Gasteiger partial charge in [-0.1, -0.05) is 37.6 Å². The third-order valence-electron chi connectivity index (χ3n) is 5.34. The molecule has 1 aromatic heterocycles. The number of rotatable bonds is 7. The molecule has 2 aromatic carbocycles. The lowest BCUT2D eigenvalue weighted by Gasteiger charge is -2.26. The summed E-state index contributed by atoms with van der Waals surface area (Å²) in [6.45, 7) is 3.51. The van der Waals surface area contributed by atoms with Crippen molar-refractivity contribution in [1.82, 2.24) is 4.57 Å². The molecule has 0 radical (unpaired) electrons.